The molecule has 0 aliphatic rings. The second kappa shape index (κ2) is 3.30. The van der Waals surface area contributed by atoms with Gasteiger partial charge in [-0.3, -0.25) is 5.10 Å². The van der Waals surface area contributed by atoms with Crippen LogP contribution in [0.25, 0.3) is 11.3 Å². The van der Waals surface area contributed by atoms with E-state index in [0.29, 0.717) is 6.07 Å². The van der Waals surface area contributed by atoms with Crippen LogP contribution in [-0.2, 0) is 0 Å². The van der Waals surface area contributed by atoms with E-state index in [1.165, 1.54) is 0 Å². The molecule has 0 radical (unpaired) electrons. The number of nitrogens with zero attached hydrogens (tertiary/aromatic N) is 1. The molecule has 3 nitrogen and oxygen atoms in total. The summed E-state index contributed by atoms with van der Waals surface area (Å²) in [4.78, 5) is 0. The SMILES string of the molecule is Nc1n[nH]c(-c2cc(F)cc(F)c2)c1F. The molecule has 0 amide bonds. The first kappa shape index (κ1) is 9.57. The second-order valence-electron chi connectivity index (χ2n) is 2.96. The molecule has 6 heteroatoms. The van der Waals surface area contributed by atoms with Crippen molar-refractivity contribution in [1.29, 1.82) is 0 Å². The largest absolute Gasteiger partial charge is 0.380 e. The normalized spacial score (nSPS) is 10.6. The molecule has 0 atom stereocenters. The molecule has 1 heterocycles. The number of hydrogen-bond acceptors (Lipinski definition) is 2. The predicted molar refractivity (Wildman–Crippen MR) is 48.3 cm³/mol. The molecule has 3 N–H and O–H groups in total. The summed E-state index contributed by atoms with van der Waals surface area (Å²) >= 11 is 0. The predicted octanol–water partition coefficient (Wildman–Crippen LogP) is 2.08. The topological polar surface area (TPSA) is 54.7 Å². The lowest BCUT2D eigenvalue weighted by molar-refractivity contribution is 0.583. The highest BCUT2D eigenvalue weighted by Gasteiger charge is 2.13. The van der Waals surface area contributed by atoms with E-state index in [1.54, 1.807) is 0 Å². The first-order chi connectivity index (χ1) is 7.08. The molecule has 1 aromatic heterocycles. The highest BCUT2D eigenvalue weighted by atomic mass is 19.1. The average molecular weight is 213 g/mol. The van der Waals surface area contributed by atoms with Crippen molar-refractivity contribution in [2.75, 3.05) is 5.73 Å². The van der Waals surface area contributed by atoms with Gasteiger partial charge in [-0.15, -0.1) is 0 Å². The quantitative estimate of drug-likeness (QED) is 0.761. The minimum Gasteiger partial charge on any atom is -0.380 e. The zero-order valence-electron chi connectivity index (χ0n) is 7.39. The van der Waals surface area contributed by atoms with Crippen molar-refractivity contribution >= 4 is 5.82 Å². The van der Waals surface area contributed by atoms with Crippen molar-refractivity contribution in [3.05, 3.63) is 35.7 Å². The van der Waals surface area contributed by atoms with Crippen molar-refractivity contribution in [3.8, 4) is 11.3 Å². The van der Waals surface area contributed by atoms with Crippen molar-refractivity contribution in [2.45, 2.75) is 0 Å². The summed E-state index contributed by atoms with van der Waals surface area (Å²) in [5.41, 5.74) is 5.04. The lowest BCUT2D eigenvalue weighted by Crippen LogP contribution is -1.89. The molecule has 0 saturated heterocycles. The molecule has 78 valence electrons. The first-order valence-corrected chi connectivity index (χ1v) is 4.03. The number of hydrogen-bond donors (Lipinski definition) is 2. The van der Waals surface area contributed by atoms with Gasteiger partial charge in [-0.25, -0.2) is 13.2 Å². The molecule has 0 aliphatic carbocycles. The third-order valence-electron chi connectivity index (χ3n) is 1.88. The number of nitrogens with one attached hydrogen (secondary N) is 1. The molecule has 0 unspecified atom stereocenters. The number of nitrogen functional groups attached to an aromatic ring is 1. The van der Waals surface area contributed by atoms with Crippen molar-refractivity contribution in [1.82, 2.24) is 10.2 Å². The maximum absolute atomic E-state index is 13.2. The fourth-order valence-electron chi connectivity index (χ4n) is 1.23. The molecule has 1 aromatic carbocycles. The number of aromatic nitrogens is 2. The molecule has 0 bridgehead atoms. The number of H-pyrrole nitrogens is 1. The molecule has 0 saturated carbocycles. The van der Waals surface area contributed by atoms with Crippen molar-refractivity contribution in [2.24, 2.45) is 0 Å². The Morgan fingerprint density at radius 1 is 1.07 bits per heavy atom. The highest BCUT2D eigenvalue weighted by Crippen LogP contribution is 2.24. The lowest BCUT2D eigenvalue weighted by Gasteiger charge is -1.98. The Kier molecular flexibility index (Phi) is 2.11. The third kappa shape index (κ3) is 1.65. The number of nitrogens with two attached hydrogens (primary N) is 1. The number of aromatic amines is 1. The monoisotopic (exact) mass is 213 g/mol. The fraction of sp³-hybridized carbons (Fsp3) is 0. The van der Waals surface area contributed by atoms with Gasteiger partial charge in [0.05, 0.1) is 0 Å². The fourth-order valence-corrected chi connectivity index (χ4v) is 1.23. The summed E-state index contributed by atoms with van der Waals surface area (Å²) < 4.78 is 38.9. The van der Waals surface area contributed by atoms with Crippen LogP contribution in [0.5, 0.6) is 0 Å². The summed E-state index contributed by atoms with van der Waals surface area (Å²) in [5, 5.41) is 5.65. The van der Waals surface area contributed by atoms with Crippen molar-refractivity contribution < 1.29 is 13.2 Å². The van der Waals surface area contributed by atoms with Crippen LogP contribution in [0, 0.1) is 17.5 Å². The summed E-state index contributed by atoms with van der Waals surface area (Å²) in [6.07, 6.45) is 0. The van der Waals surface area contributed by atoms with Crippen LogP contribution in [-0.4, -0.2) is 10.2 Å². The van der Waals surface area contributed by atoms with E-state index >= 15 is 0 Å². The van der Waals surface area contributed by atoms with Gasteiger partial charge in [0.15, 0.2) is 11.6 Å². The minimum absolute atomic E-state index is 0.0224. The van der Waals surface area contributed by atoms with Gasteiger partial charge in [-0.05, 0) is 12.1 Å². The van der Waals surface area contributed by atoms with E-state index in [9.17, 15) is 13.2 Å². The van der Waals surface area contributed by atoms with Gasteiger partial charge >= 0.3 is 0 Å². The highest BCUT2D eigenvalue weighted by molar-refractivity contribution is 5.63. The molecule has 0 spiro atoms. The van der Waals surface area contributed by atoms with Crippen LogP contribution in [0.1, 0.15) is 0 Å². The van der Waals surface area contributed by atoms with E-state index in [1.807, 2.05) is 0 Å². The third-order valence-corrected chi connectivity index (χ3v) is 1.88. The standard InChI is InChI=1S/C9H6F3N3/c10-5-1-4(2-6(11)3-5)8-7(12)9(13)15-14-8/h1-3H,(H3,13,14,15). The molecule has 2 rings (SSSR count). The van der Waals surface area contributed by atoms with E-state index < -0.39 is 17.5 Å². The van der Waals surface area contributed by atoms with Crippen LogP contribution in [0.3, 0.4) is 0 Å². The van der Waals surface area contributed by atoms with Gasteiger partial charge in [0.1, 0.15) is 17.3 Å². The van der Waals surface area contributed by atoms with Gasteiger partial charge in [-0.2, -0.15) is 5.10 Å². The molecular formula is C9H6F3N3. The first-order valence-electron chi connectivity index (χ1n) is 4.03. The zero-order valence-corrected chi connectivity index (χ0v) is 7.39. The number of rotatable bonds is 1. The number of halogens is 3. The second-order valence-corrected chi connectivity index (χ2v) is 2.96. The van der Waals surface area contributed by atoms with E-state index in [4.69, 9.17) is 5.73 Å². The number of benzene rings is 1. The van der Waals surface area contributed by atoms with Crippen LogP contribution in [0.4, 0.5) is 19.0 Å². The van der Waals surface area contributed by atoms with Crippen molar-refractivity contribution in [3.63, 3.8) is 0 Å². The Morgan fingerprint density at radius 3 is 2.13 bits per heavy atom. The maximum Gasteiger partial charge on any atom is 0.192 e. The summed E-state index contributed by atoms with van der Waals surface area (Å²) in [7, 11) is 0. The molecule has 0 aliphatic heterocycles. The maximum atomic E-state index is 13.2. The Labute approximate surface area is 82.7 Å². The molecule has 15 heavy (non-hydrogen) atoms. The molecular weight excluding hydrogens is 207 g/mol. The van der Waals surface area contributed by atoms with Gasteiger partial charge in [0.2, 0.25) is 0 Å². The van der Waals surface area contributed by atoms with Crippen LogP contribution >= 0.6 is 0 Å². The lowest BCUT2D eigenvalue weighted by atomic mass is 10.1. The Bertz CT molecular complexity index is 487. The Hall–Kier alpha value is -1.98. The van der Waals surface area contributed by atoms with Crippen LogP contribution in [0.15, 0.2) is 18.2 Å². The molecule has 0 fully saturated rings. The summed E-state index contributed by atoms with van der Waals surface area (Å²) in [6, 6.07) is 2.67. The van der Waals surface area contributed by atoms with Gasteiger partial charge in [0.25, 0.3) is 0 Å². The summed E-state index contributed by atoms with van der Waals surface area (Å²) in [6.45, 7) is 0. The van der Waals surface area contributed by atoms with Gasteiger partial charge < -0.3 is 5.73 Å². The Morgan fingerprint density at radius 2 is 1.67 bits per heavy atom. The minimum atomic E-state index is -0.819. The van der Waals surface area contributed by atoms with E-state index in [2.05, 4.69) is 10.2 Å². The average Bonchev–Trinajstić information content (AvgIpc) is 2.46. The van der Waals surface area contributed by atoms with Gasteiger partial charge in [-0.1, -0.05) is 0 Å². The Balaban J connectivity index is 2.58. The van der Waals surface area contributed by atoms with E-state index in [0.717, 1.165) is 12.1 Å². The number of anilines is 1. The molecule has 2 aromatic rings. The van der Waals surface area contributed by atoms with Gasteiger partial charge in [0, 0.05) is 11.6 Å². The van der Waals surface area contributed by atoms with Crippen LogP contribution in [0.2, 0.25) is 0 Å². The van der Waals surface area contributed by atoms with Crippen LogP contribution < -0.4 is 5.73 Å². The van der Waals surface area contributed by atoms with E-state index in [-0.39, 0.29) is 17.1 Å². The zero-order chi connectivity index (χ0) is 11.0. The summed E-state index contributed by atoms with van der Waals surface area (Å²) in [5.74, 6) is -2.75. The smallest absolute Gasteiger partial charge is 0.192 e.